The lowest BCUT2D eigenvalue weighted by molar-refractivity contribution is 0.468. The number of aryl methyl sites for hydroxylation is 1. The molecule has 3 heterocycles. The Bertz CT molecular complexity index is 1130. The molecule has 0 unspecified atom stereocenters. The van der Waals surface area contributed by atoms with E-state index in [-0.39, 0.29) is 6.04 Å². The molecule has 0 spiro atoms. The smallest absolute Gasteiger partial charge is 0.239 e. The summed E-state index contributed by atoms with van der Waals surface area (Å²) in [6.45, 7) is 6.87. The number of aromatic hydroxyl groups is 1. The first kappa shape index (κ1) is 18.9. The maximum atomic E-state index is 9.99. The number of anilines is 1. The minimum atomic E-state index is 0.227. The summed E-state index contributed by atoms with van der Waals surface area (Å²) in [5.41, 5.74) is 2.41. The normalized spacial score (nSPS) is 11.4. The van der Waals surface area contributed by atoms with Crippen LogP contribution in [0.5, 0.6) is 5.75 Å². The fourth-order valence-electron chi connectivity index (χ4n) is 3.33. The van der Waals surface area contributed by atoms with E-state index < -0.39 is 0 Å². The average molecular weight is 391 g/mol. The summed E-state index contributed by atoms with van der Waals surface area (Å²) in [6, 6.07) is 7.59. The molecule has 0 aliphatic carbocycles. The number of hydrogen-bond acceptors (Lipinski definition) is 6. The van der Waals surface area contributed by atoms with Gasteiger partial charge in [0.2, 0.25) is 5.95 Å². The van der Waals surface area contributed by atoms with Crippen molar-refractivity contribution in [1.29, 1.82) is 0 Å². The molecule has 0 amide bonds. The van der Waals surface area contributed by atoms with E-state index in [0.717, 1.165) is 29.0 Å². The second-order valence-electron chi connectivity index (χ2n) is 7.16. The van der Waals surface area contributed by atoms with Crippen molar-refractivity contribution in [3.63, 3.8) is 0 Å². The minimum absolute atomic E-state index is 0.227. The van der Waals surface area contributed by atoms with Crippen molar-refractivity contribution in [2.24, 2.45) is 0 Å². The Kier molecular flexibility index (Phi) is 5.16. The number of hydrogen-bond donors (Lipinski definition) is 2. The SMILES string of the molecule is CCc1nccn1-c1nc(NCCc2ccccc2O)c2ncn(C(C)C)c2n1. The molecule has 29 heavy (non-hydrogen) atoms. The summed E-state index contributed by atoms with van der Waals surface area (Å²) >= 11 is 0. The highest BCUT2D eigenvalue weighted by atomic mass is 16.3. The van der Waals surface area contributed by atoms with Crippen molar-refractivity contribution in [3.05, 3.63) is 54.4 Å². The molecule has 0 saturated carbocycles. The zero-order valence-corrected chi connectivity index (χ0v) is 16.9. The molecule has 8 nitrogen and oxygen atoms in total. The summed E-state index contributed by atoms with van der Waals surface area (Å²) in [6.07, 6.45) is 6.90. The molecule has 2 N–H and O–H groups in total. The van der Waals surface area contributed by atoms with Gasteiger partial charge in [0.05, 0.1) is 6.33 Å². The van der Waals surface area contributed by atoms with E-state index in [9.17, 15) is 5.11 Å². The Morgan fingerprint density at radius 3 is 2.72 bits per heavy atom. The number of imidazole rings is 2. The molecular weight excluding hydrogens is 366 g/mol. The van der Waals surface area contributed by atoms with Gasteiger partial charge in [-0.15, -0.1) is 0 Å². The summed E-state index contributed by atoms with van der Waals surface area (Å²) in [4.78, 5) is 18.5. The van der Waals surface area contributed by atoms with Gasteiger partial charge in [-0.25, -0.2) is 9.97 Å². The molecule has 0 aliphatic rings. The lowest BCUT2D eigenvalue weighted by Gasteiger charge is -2.12. The van der Waals surface area contributed by atoms with Crippen LogP contribution in [0.1, 0.15) is 38.2 Å². The first-order valence-corrected chi connectivity index (χ1v) is 9.86. The predicted octanol–water partition coefficient (Wildman–Crippen LogP) is 3.52. The molecule has 8 heteroatoms. The number of nitrogens with zero attached hydrogens (tertiary/aromatic N) is 6. The first-order valence-electron chi connectivity index (χ1n) is 9.86. The van der Waals surface area contributed by atoms with E-state index in [1.165, 1.54) is 0 Å². The van der Waals surface area contributed by atoms with E-state index in [0.29, 0.717) is 30.5 Å². The Labute approximate surface area is 169 Å². The number of aromatic nitrogens is 6. The van der Waals surface area contributed by atoms with Crippen LogP contribution in [0.15, 0.2) is 43.0 Å². The molecule has 0 saturated heterocycles. The molecule has 0 aliphatic heterocycles. The number of fused-ring (bicyclic) bond motifs is 1. The van der Waals surface area contributed by atoms with Crippen molar-refractivity contribution >= 4 is 17.0 Å². The van der Waals surface area contributed by atoms with Crippen LogP contribution in [0.4, 0.5) is 5.82 Å². The van der Waals surface area contributed by atoms with E-state index in [1.54, 1.807) is 18.6 Å². The third kappa shape index (κ3) is 3.65. The molecule has 0 atom stereocenters. The van der Waals surface area contributed by atoms with Gasteiger partial charge in [-0.2, -0.15) is 9.97 Å². The summed E-state index contributed by atoms with van der Waals surface area (Å²) in [5.74, 6) is 2.45. The quantitative estimate of drug-likeness (QED) is 0.501. The van der Waals surface area contributed by atoms with Crippen LogP contribution in [0.3, 0.4) is 0 Å². The Hall–Kier alpha value is -3.42. The van der Waals surface area contributed by atoms with Crippen molar-refractivity contribution in [2.45, 2.75) is 39.7 Å². The number of nitrogens with one attached hydrogen (secondary N) is 1. The van der Waals surface area contributed by atoms with Crippen LogP contribution < -0.4 is 5.32 Å². The van der Waals surface area contributed by atoms with Crippen LogP contribution in [-0.2, 0) is 12.8 Å². The number of phenols is 1. The van der Waals surface area contributed by atoms with Gasteiger partial charge in [-0.1, -0.05) is 25.1 Å². The molecule has 4 aromatic rings. The van der Waals surface area contributed by atoms with Crippen LogP contribution in [0.25, 0.3) is 17.1 Å². The van der Waals surface area contributed by atoms with Crippen LogP contribution in [-0.4, -0.2) is 40.7 Å². The lowest BCUT2D eigenvalue weighted by atomic mass is 10.1. The van der Waals surface area contributed by atoms with Crippen molar-refractivity contribution in [3.8, 4) is 11.7 Å². The standard InChI is InChI=1S/C21H25N7O/c1-4-17-22-11-12-27(17)21-25-19(18-20(26-21)28(13-24-18)14(2)3)23-10-9-15-7-5-6-8-16(15)29/h5-8,11-14,29H,4,9-10H2,1-3H3,(H,23,25,26). The van der Waals surface area contributed by atoms with Crippen molar-refractivity contribution in [1.82, 2.24) is 29.1 Å². The molecule has 4 rings (SSSR count). The van der Waals surface area contributed by atoms with Crippen LogP contribution >= 0.6 is 0 Å². The topological polar surface area (TPSA) is 93.7 Å². The van der Waals surface area contributed by atoms with Crippen LogP contribution in [0, 0.1) is 0 Å². The van der Waals surface area contributed by atoms with Gasteiger partial charge in [0.25, 0.3) is 0 Å². The highest BCUT2D eigenvalue weighted by molar-refractivity contribution is 5.83. The Balaban J connectivity index is 1.71. The van der Waals surface area contributed by atoms with Gasteiger partial charge in [-0.05, 0) is 31.9 Å². The fraction of sp³-hybridized carbons (Fsp3) is 0.333. The Morgan fingerprint density at radius 2 is 1.97 bits per heavy atom. The molecular formula is C21H25N7O. The molecule has 3 aromatic heterocycles. The molecule has 0 fully saturated rings. The van der Waals surface area contributed by atoms with Gasteiger partial charge in [-0.3, -0.25) is 4.57 Å². The summed E-state index contributed by atoms with van der Waals surface area (Å²) < 4.78 is 3.95. The number of para-hydroxylation sites is 1. The fourth-order valence-corrected chi connectivity index (χ4v) is 3.33. The number of phenolic OH excluding ortho intramolecular Hbond substituents is 1. The van der Waals surface area contributed by atoms with Gasteiger partial charge in [0, 0.05) is 31.4 Å². The van der Waals surface area contributed by atoms with E-state index in [4.69, 9.17) is 9.97 Å². The third-order valence-corrected chi connectivity index (χ3v) is 4.89. The Morgan fingerprint density at radius 1 is 1.14 bits per heavy atom. The lowest BCUT2D eigenvalue weighted by Crippen LogP contribution is -2.12. The summed E-state index contributed by atoms with van der Waals surface area (Å²) in [5, 5.41) is 13.4. The maximum absolute atomic E-state index is 9.99. The summed E-state index contributed by atoms with van der Waals surface area (Å²) in [7, 11) is 0. The van der Waals surface area contributed by atoms with E-state index in [1.807, 2.05) is 33.5 Å². The van der Waals surface area contributed by atoms with E-state index >= 15 is 0 Å². The molecule has 0 radical (unpaired) electrons. The van der Waals surface area contributed by atoms with Crippen molar-refractivity contribution in [2.75, 3.05) is 11.9 Å². The second kappa shape index (κ2) is 7.90. The highest BCUT2D eigenvalue weighted by Crippen LogP contribution is 2.24. The van der Waals surface area contributed by atoms with Gasteiger partial charge < -0.3 is 15.0 Å². The van der Waals surface area contributed by atoms with Gasteiger partial charge in [0.15, 0.2) is 17.0 Å². The second-order valence-corrected chi connectivity index (χ2v) is 7.16. The zero-order chi connectivity index (χ0) is 20.4. The predicted molar refractivity (Wildman–Crippen MR) is 113 cm³/mol. The molecule has 0 bridgehead atoms. The zero-order valence-electron chi connectivity index (χ0n) is 16.9. The van der Waals surface area contributed by atoms with Crippen LogP contribution in [0.2, 0.25) is 0 Å². The first-order chi connectivity index (χ1) is 14.1. The van der Waals surface area contributed by atoms with E-state index in [2.05, 4.69) is 36.1 Å². The largest absolute Gasteiger partial charge is 0.508 e. The van der Waals surface area contributed by atoms with Gasteiger partial charge in [0.1, 0.15) is 11.6 Å². The molecule has 1 aromatic carbocycles. The minimum Gasteiger partial charge on any atom is -0.508 e. The highest BCUT2D eigenvalue weighted by Gasteiger charge is 2.17. The number of benzene rings is 1. The molecule has 150 valence electrons. The van der Waals surface area contributed by atoms with Gasteiger partial charge >= 0.3 is 0 Å². The monoisotopic (exact) mass is 391 g/mol. The number of rotatable bonds is 7. The third-order valence-electron chi connectivity index (χ3n) is 4.89. The maximum Gasteiger partial charge on any atom is 0.239 e. The average Bonchev–Trinajstić information content (AvgIpc) is 3.36. The van der Waals surface area contributed by atoms with Crippen molar-refractivity contribution < 1.29 is 5.11 Å².